The summed E-state index contributed by atoms with van der Waals surface area (Å²) in [6, 6.07) is 4.26. The number of amides is 2. The van der Waals surface area contributed by atoms with Crippen molar-refractivity contribution in [2.45, 2.75) is 51.0 Å². The van der Waals surface area contributed by atoms with Gasteiger partial charge in [0.2, 0.25) is 11.8 Å². The van der Waals surface area contributed by atoms with Gasteiger partial charge in [0, 0.05) is 17.5 Å². The zero-order valence-corrected chi connectivity index (χ0v) is 14.8. The normalized spacial score (nSPS) is 19.3. The molecule has 1 fully saturated rings. The van der Waals surface area contributed by atoms with E-state index in [2.05, 4.69) is 5.32 Å². The molecule has 0 unspecified atom stereocenters. The van der Waals surface area contributed by atoms with Gasteiger partial charge < -0.3 is 16.0 Å². The molecule has 1 spiro atoms. The monoisotopic (exact) mass is 347 g/mol. The number of nitrogens with zero attached hydrogens (tertiary/aromatic N) is 1. The first-order valence-corrected chi connectivity index (χ1v) is 8.98. The van der Waals surface area contributed by atoms with Crippen molar-refractivity contribution in [1.29, 1.82) is 0 Å². The maximum atomic E-state index is 14.5. The third kappa shape index (κ3) is 3.15. The molecule has 5 nitrogen and oxygen atoms in total. The molecule has 0 radical (unpaired) electrons. The van der Waals surface area contributed by atoms with Crippen LogP contribution in [0.2, 0.25) is 0 Å². The van der Waals surface area contributed by atoms with Crippen LogP contribution in [-0.2, 0) is 15.0 Å². The second-order valence-corrected chi connectivity index (χ2v) is 7.59. The molecule has 3 N–H and O–H groups in total. The molecular formula is C19H26FN3O2. The van der Waals surface area contributed by atoms with Gasteiger partial charge in [0.05, 0.1) is 18.3 Å². The van der Waals surface area contributed by atoms with E-state index in [-0.39, 0.29) is 35.5 Å². The number of carbonyl (C=O) groups excluding carboxylic acids is 2. The zero-order chi connectivity index (χ0) is 18.2. The maximum absolute atomic E-state index is 14.5. The topological polar surface area (TPSA) is 75.4 Å². The molecule has 1 saturated carbocycles. The summed E-state index contributed by atoms with van der Waals surface area (Å²) in [5.41, 5.74) is 6.85. The average molecular weight is 347 g/mol. The molecule has 1 aliphatic carbocycles. The van der Waals surface area contributed by atoms with E-state index in [4.69, 9.17) is 5.73 Å². The van der Waals surface area contributed by atoms with Gasteiger partial charge >= 0.3 is 0 Å². The Morgan fingerprint density at radius 1 is 1.32 bits per heavy atom. The number of nitrogens with two attached hydrogens (primary N) is 1. The van der Waals surface area contributed by atoms with E-state index in [1.807, 2.05) is 13.8 Å². The molecular weight excluding hydrogens is 321 g/mol. The summed E-state index contributed by atoms with van der Waals surface area (Å²) in [6.07, 6.45) is 3.90. The number of fused-ring (bicyclic) bond motifs is 2. The highest BCUT2D eigenvalue weighted by Gasteiger charge is 2.47. The van der Waals surface area contributed by atoms with E-state index in [1.54, 1.807) is 17.0 Å². The molecule has 1 heterocycles. The van der Waals surface area contributed by atoms with Crippen molar-refractivity contribution in [2.24, 2.45) is 11.7 Å². The Kier molecular flexibility index (Phi) is 4.82. The maximum Gasteiger partial charge on any atom is 0.246 e. The number of nitrogens with one attached hydrogen (secondary N) is 1. The van der Waals surface area contributed by atoms with Crippen LogP contribution in [0.3, 0.4) is 0 Å². The predicted molar refractivity (Wildman–Crippen MR) is 94.7 cm³/mol. The molecule has 6 heteroatoms. The largest absolute Gasteiger partial charge is 0.346 e. The Labute approximate surface area is 147 Å². The van der Waals surface area contributed by atoms with Crippen molar-refractivity contribution in [3.8, 4) is 0 Å². The van der Waals surface area contributed by atoms with Crippen molar-refractivity contribution < 1.29 is 14.0 Å². The van der Waals surface area contributed by atoms with Crippen LogP contribution in [0, 0.1) is 11.7 Å². The van der Waals surface area contributed by atoms with Crippen LogP contribution < -0.4 is 16.0 Å². The lowest BCUT2D eigenvalue weighted by Gasteiger charge is -2.25. The summed E-state index contributed by atoms with van der Waals surface area (Å²) in [5, 5.41) is 2.62. The Balaban J connectivity index is 1.77. The highest BCUT2D eigenvalue weighted by Crippen LogP contribution is 2.51. The first-order chi connectivity index (χ1) is 11.9. The van der Waals surface area contributed by atoms with E-state index in [0.29, 0.717) is 17.8 Å². The van der Waals surface area contributed by atoms with Gasteiger partial charge in [-0.25, -0.2) is 4.39 Å². The number of halogens is 1. The van der Waals surface area contributed by atoms with Crippen molar-refractivity contribution in [3.63, 3.8) is 0 Å². The second kappa shape index (κ2) is 6.75. The second-order valence-electron chi connectivity index (χ2n) is 7.59. The number of carbonyl (C=O) groups is 2. The van der Waals surface area contributed by atoms with Gasteiger partial charge in [-0.1, -0.05) is 32.8 Å². The minimum absolute atomic E-state index is 0.00142. The number of rotatable bonds is 4. The number of anilines is 1. The van der Waals surface area contributed by atoms with Gasteiger partial charge in [-0.05, 0) is 30.9 Å². The molecule has 1 aromatic rings. The van der Waals surface area contributed by atoms with Crippen LogP contribution in [0.4, 0.5) is 10.1 Å². The van der Waals surface area contributed by atoms with Crippen molar-refractivity contribution >= 4 is 17.5 Å². The van der Waals surface area contributed by atoms with Crippen molar-refractivity contribution in [3.05, 3.63) is 29.6 Å². The molecule has 136 valence electrons. The van der Waals surface area contributed by atoms with E-state index < -0.39 is 6.04 Å². The number of hydrogen-bond donors (Lipinski definition) is 2. The van der Waals surface area contributed by atoms with Gasteiger partial charge in [-0.3, -0.25) is 9.59 Å². The highest BCUT2D eigenvalue weighted by molar-refractivity contribution is 5.99. The molecule has 2 aliphatic rings. The van der Waals surface area contributed by atoms with E-state index in [1.165, 1.54) is 6.07 Å². The third-order valence-electron chi connectivity index (χ3n) is 5.57. The van der Waals surface area contributed by atoms with Gasteiger partial charge in [-0.2, -0.15) is 0 Å². The Hall–Kier alpha value is -1.95. The van der Waals surface area contributed by atoms with Crippen LogP contribution in [-0.4, -0.2) is 30.9 Å². The quantitative estimate of drug-likeness (QED) is 0.876. The summed E-state index contributed by atoms with van der Waals surface area (Å²) < 4.78 is 14.5. The highest BCUT2D eigenvalue weighted by atomic mass is 19.1. The summed E-state index contributed by atoms with van der Waals surface area (Å²) >= 11 is 0. The van der Waals surface area contributed by atoms with Gasteiger partial charge in [0.25, 0.3) is 0 Å². The van der Waals surface area contributed by atoms with Crippen molar-refractivity contribution in [1.82, 2.24) is 5.32 Å². The van der Waals surface area contributed by atoms with Crippen LogP contribution in [0.1, 0.15) is 45.1 Å². The fraction of sp³-hybridized carbons (Fsp3) is 0.579. The Morgan fingerprint density at radius 2 is 2.00 bits per heavy atom. The van der Waals surface area contributed by atoms with E-state index in [9.17, 15) is 14.0 Å². The SMILES string of the molecule is CC(C)[C@H](N)C(=O)NCC(=O)N1CC2(CCCC2)c2c(F)cccc21. The van der Waals surface area contributed by atoms with Crippen LogP contribution in [0.25, 0.3) is 0 Å². The fourth-order valence-corrected chi connectivity index (χ4v) is 4.09. The summed E-state index contributed by atoms with van der Waals surface area (Å²) in [5.74, 6) is -0.795. The molecule has 25 heavy (non-hydrogen) atoms. The summed E-state index contributed by atoms with van der Waals surface area (Å²) in [6.45, 7) is 4.09. The first kappa shape index (κ1) is 17.9. The van der Waals surface area contributed by atoms with Gasteiger partial charge in [0.1, 0.15) is 5.82 Å². The molecule has 2 amide bonds. The van der Waals surface area contributed by atoms with E-state index in [0.717, 1.165) is 25.7 Å². The summed E-state index contributed by atoms with van der Waals surface area (Å²) in [7, 11) is 0. The molecule has 1 aliphatic heterocycles. The van der Waals surface area contributed by atoms with Gasteiger partial charge in [0.15, 0.2) is 0 Å². The Morgan fingerprint density at radius 3 is 2.64 bits per heavy atom. The minimum Gasteiger partial charge on any atom is -0.346 e. The Bertz CT molecular complexity index is 683. The van der Waals surface area contributed by atoms with Crippen molar-refractivity contribution in [2.75, 3.05) is 18.0 Å². The lowest BCUT2D eigenvalue weighted by atomic mass is 9.80. The zero-order valence-electron chi connectivity index (χ0n) is 14.8. The third-order valence-corrected chi connectivity index (χ3v) is 5.57. The summed E-state index contributed by atoms with van der Waals surface area (Å²) in [4.78, 5) is 26.3. The fourth-order valence-electron chi connectivity index (χ4n) is 4.09. The van der Waals surface area contributed by atoms with Crippen LogP contribution in [0.5, 0.6) is 0 Å². The number of benzene rings is 1. The van der Waals surface area contributed by atoms with Gasteiger partial charge in [-0.15, -0.1) is 0 Å². The lowest BCUT2D eigenvalue weighted by molar-refractivity contribution is -0.126. The molecule has 3 rings (SSSR count). The molecule has 0 aromatic heterocycles. The minimum atomic E-state index is -0.641. The first-order valence-electron chi connectivity index (χ1n) is 8.98. The standard InChI is InChI=1S/C19H26FN3O2/c1-12(2)17(21)18(25)22-10-15(24)23-11-19(8-3-4-9-19)16-13(20)6-5-7-14(16)23/h5-7,12,17H,3-4,8-11,21H2,1-2H3,(H,22,25)/t17-/m0/s1. The van der Waals surface area contributed by atoms with Crippen LogP contribution in [0.15, 0.2) is 18.2 Å². The van der Waals surface area contributed by atoms with E-state index >= 15 is 0 Å². The molecule has 1 atom stereocenters. The predicted octanol–water partition coefficient (Wildman–Crippen LogP) is 2.08. The van der Waals surface area contributed by atoms with Crippen LogP contribution >= 0.6 is 0 Å². The number of hydrogen-bond acceptors (Lipinski definition) is 3. The average Bonchev–Trinajstić information content (AvgIpc) is 3.18. The lowest BCUT2D eigenvalue weighted by Crippen LogP contribution is -2.48. The molecule has 0 saturated heterocycles. The smallest absolute Gasteiger partial charge is 0.246 e. The molecule has 1 aromatic carbocycles. The molecule has 0 bridgehead atoms.